The second-order valence-corrected chi connectivity index (χ2v) is 6.44. The van der Waals surface area contributed by atoms with Gasteiger partial charge in [0.25, 0.3) is 0 Å². The van der Waals surface area contributed by atoms with E-state index in [0.717, 1.165) is 22.8 Å². The number of halogens is 1. The van der Waals surface area contributed by atoms with Crippen LogP contribution in [-0.2, 0) is 0 Å². The van der Waals surface area contributed by atoms with Crippen LogP contribution < -0.4 is 5.32 Å². The van der Waals surface area contributed by atoms with Crippen molar-refractivity contribution in [3.05, 3.63) is 21.3 Å². The van der Waals surface area contributed by atoms with E-state index in [-0.39, 0.29) is 0 Å². The zero-order valence-corrected chi connectivity index (χ0v) is 11.2. The SMILES string of the molecule is CNC(c1sccc1Cl)C1C2CCCCC21. The van der Waals surface area contributed by atoms with E-state index in [0.29, 0.717) is 6.04 Å². The van der Waals surface area contributed by atoms with Crippen LogP contribution in [0, 0.1) is 17.8 Å². The standard InChI is InChI=1S/C13H18ClNS/c1-15-12(13-10(14)6-7-16-13)11-8-4-2-3-5-9(8)11/h6-9,11-12,15H,2-5H2,1H3. The molecule has 1 nitrogen and oxygen atoms in total. The van der Waals surface area contributed by atoms with Gasteiger partial charge in [-0.15, -0.1) is 11.3 Å². The minimum Gasteiger partial charge on any atom is -0.312 e. The maximum atomic E-state index is 6.25. The molecule has 2 aliphatic rings. The zero-order chi connectivity index (χ0) is 11.1. The molecule has 0 spiro atoms. The summed E-state index contributed by atoms with van der Waals surface area (Å²) in [6.07, 6.45) is 5.76. The molecule has 1 heterocycles. The molecule has 0 radical (unpaired) electrons. The van der Waals surface area contributed by atoms with Crippen LogP contribution in [0.25, 0.3) is 0 Å². The van der Waals surface area contributed by atoms with Gasteiger partial charge in [-0.05, 0) is 49.1 Å². The summed E-state index contributed by atoms with van der Waals surface area (Å²) in [5.41, 5.74) is 0. The first kappa shape index (κ1) is 11.1. The van der Waals surface area contributed by atoms with Crippen LogP contribution in [0.1, 0.15) is 36.6 Å². The van der Waals surface area contributed by atoms with Gasteiger partial charge in [0, 0.05) is 10.9 Å². The van der Waals surface area contributed by atoms with Gasteiger partial charge in [0.15, 0.2) is 0 Å². The molecule has 2 fully saturated rings. The van der Waals surface area contributed by atoms with Crippen molar-refractivity contribution in [2.24, 2.45) is 17.8 Å². The summed E-state index contributed by atoms with van der Waals surface area (Å²) in [5, 5.41) is 6.55. The first-order chi connectivity index (χ1) is 7.83. The normalized spacial score (nSPS) is 34.5. The fourth-order valence-electron chi connectivity index (χ4n) is 3.57. The second-order valence-electron chi connectivity index (χ2n) is 5.09. The molecule has 0 aromatic carbocycles. The maximum absolute atomic E-state index is 6.25. The third kappa shape index (κ3) is 1.71. The number of thiophene rings is 1. The maximum Gasteiger partial charge on any atom is 0.0561 e. The van der Waals surface area contributed by atoms with Crippen LogP contribution in [0.2, 0.25) is 5.02 Å². The highest BCUT2D eigenvalue weighted by molar-refractivity contribution is 7.10. The summed E-state index contributed by atoms with van der Waals surface area (Å²) in [6, 6.07) is 2.53. The molecule has 3 atom stereocenters. The summed E-state index contributed by atoms with van der Waals surface area (Å²) in [6.45, 7) is 0. The quantitative estimate of drug-likeness (QED) is 0.858. The van der Waals surface area contributed by atoms with Crippen molar-refractivity contribution in [1.29, 1.82) is 0 Å². The predicted octanol–water partition coefficient (Wildman–Crippen LogP) is 4.10. The predicted molar refractivity (Wildman–Crippen MR) is 70.1 cm³/mol. The minimum atomic E-state index is 0.501. The van der Waals surface area contributed by atoms with E-state index in [1.807, 2.05) is 6.07 Å². The summed E-state index contributed by atoms with van der Waals surface area (Å²) in [7, 11) is 2.07. The van der Waals surface area contributed by atoms with Crippen molar-refractivity contribution >= 4 is 22.9 Å². The highest BCUT2D eigenvalue weighted by atomic mass is 35.5. The van der Waals surface area contributed by atoms with Crippen LogP contribution in [0.15, 0.2) is 11.4 Å². The van der Waals surface area contributed by atoms with Crippen molar-refractivity contribution in [1.82, 2.24) is 5.32 Å². The third-order valence-electron chi connectivity index (χ3n) is 4.35. The fraction of sp³-hybridized carbons (Fsp3) is 0.692. The average Bonchev–Trinajstić information content (AvgIpc) is 2.87. The Morgan fingerprint density at radius 2 is 2.06 bits per heavy atom. The number of nitrogens with one attached hydrogen (secondary N) is 1. The molecule has 2 aliphatic carbocycles. The molecule has 3 heteroatoms. The first-order valence-electron chi connectivity index (χ1n) is 6.23. The van der Waals surface area contributed by atoms with Crippen molar-refractivity contribution < 1.29 is 0 Å². The molecule has 3 unspecified atom stereocenters. The van der Waals surface area contributed by atoms with Gasteiger partial charge in [0.1, 0.15) is 0 Å². The topological polar surface area (TPSA) is 12.0 Å². The Kier molecular flexibility index (Phi) is 2.99. The summed E-state index contributed by atoms with van der Waals surface area (Å²) in [4.78, 5) is 1.35. The lowest BCUT2D eigenvalue weighted by atomic mass is 10.0. The Balaban J connectivity index is 1.80. The monoisotopic (exact) mass is 255 g/mol. The number of hydrogen-bond acceptors (Lipinski definition) is 2. The van der Waals surface area contributed by atoms with E-state index in [2.05, 4.69) is 17.7 Å². The second kappa shape index (κ2) is 4.32. The van der Waals surface area contributed by atoms with Gasteiger partial charge in [-0.2, -0.15) is 0 Å². The van der Waals surface area contributed by atoms with Crippen LogP contribution in [-0.4, -0.2) is 7.05 Å². The van der Waals surface area contributed by atoms with E-state index in [1.54, 1.807) is 11.3 Å². The molecule has 0 amide bonds. The van der Waals surface area contributed by atoms with E-state index >= 15 is 0 Å². The van der Waals surface area contributed by atoms with Crippen LogP contribution >= 0.6 is 22.9 Å². The molecular weight excluding hydrogens is 238 g/mol. The minimum absolute atomic E-state index is 0.501. The highest BCUT2D eigenvalue weighted by Crippen LogP contribution is 2.61. The number of fused-ring (bicyclic) bond motifs is 1. The fourth-order valence-corrected chi connectivity index (χ4v) is 4.91. The Morgan fingerprint density at radius 3 is 2.56 bits per heavy atom. The molecule has 1 aromatic heterocycles. The molecule has 1 N–H and O–H groups in total. The molecule has 0 bridgehead atoms. The van der Waals surface area contributed by atoms with Gasteiger partial charge < -0.3 is 5.32 Å². The summed E-state index contributed by atoms with van der Waals surface area (Å²) in [5.74, 6) is 2.80. The van der Waals surface area contributed by atoms with Crippen molar-refractivity contribution in [2.75, 3.05) is 7.05 Å². The van der Waals surface area contributed by atoms with Crippen LogP contribution in [0.3, 0.4) is 0 Å². The molecule has 0 aliphatic heterocycles. The molecule has 0 saturated heterocycles. The molecule has 3 rings (SSSR count). The first-order valence-corrected chi connectivity index (χ1v) is 7.49. The van der Waals surface area contributed by atoms with Crippen molar-refractivity contribution in [3.63, 3.8) is 0 Å². The lowest BCUT2D eigenvalue weighted by Gasteiger charge is -2.15. The molecular formula is C13H18ClNS. The Labute approximate surface area is 106 Å². The Bertz CT molecular complexity index is 364. The van der Waals surface area contributed by atoms with E-state index in [9.17, 15) is 0 Å². The lowest BCUT2D eigenvalue weighted by molar-refractivity contribution is 0.480. The largest absolute Gasteiger partial charge is 0.312 e. The van der Waals surface area contributed by atoms with Crippen molar-refractivity contribution in [2.45, 2.75) is 31.7 Å². The van der Waals surface area contributed by atoms with Crippen molar-refractivity contribution in [3.8, 4) is 0 Å². The van der Waals surface area contributed by atoms with E-state index in [4.69, 9.17) is 11.6 Å². The lowest BCUT2D eigenvalue weighted by Crippen LogP contribution is -2.19. The third-order valence-corrected chi connectivity index (χ3v) is 5.79. The van der Waals surface area contributed by atoms with E-state index in [1.165, 1.54) is 30.6 Å². The van der Waals surface area contributed by atoms with Crippen LogP contribution in [0.5, 0.6) is 0 Å². The Hall–Kier alpha value is -0.0500. The van der Waals surface area contributed by atoms with Crippen LogP contribution in [0.4, 0.5) is 0 Å². The Morgan fingerprint density at radius 1 is 1.38 bits per heavy atom. The zero-order valence-electron chi connectivity index (χ0n) is 9.58. The molecule has 88 valence electrons. The van der Waals surface area contributed by atoms with Gasteiger partial charge in [0.2, 0.25) is 0 Å². The molecule has 2 saturated carbocycles. The van der Waals surface area contributed by atoms with Gasteiger partial charge in [-0.25, -0.2) is 0 Å². The summed E-state index contributed by atoms with van der Waals surface area (Å²) >= 11 is 8.05. The average molecular weight is 256 g/mol. The molecule has 16 heavy (non-hydrogen) atoms. The van der Waals surface area contributed by atoms with Gasteiger partial charge in [0.05, 0.1) is 5.02 Å². The highest BCUT2D eigenvalue weighted by Gasteiger charge is 2.54. The number of hydrogen-bond donors (Lipinski definition) is 1. The number of rotatable bonds is 3. The van der Waals surface area contributed by atoms with E-state index < -0.39 is 0 Å². The van der Waals surface area contributed by atoms with Gasteiger partial charge in [-0.1, -0.05) is 24.4 Å². The molecule has 1 aromatic rings. The van der Waals surface area contributed by atoms with Gasteiger partial charge in [-0.3, -0.25) is 0 Å². The van der Waals surface area contributed by atoms with Gasteiger partial charge >= 0.3 is 0 Å². The summed E-state index contributed by atoms with van der Waals surface area (Å²) < 4.78 is 0. The smallest absolute Gasteiger partial charge is 0.0561 e.